The number of nitrogens with one attached hydrogen (secondary N) is 1. The summed E-state index contributed by atoms with van der Waals surface area (Å²) in [5, 5.41) is 14.2. The highest BCUT2D eigenvalue weighted by atomic mass is 16.5. The number of benzene rings is 4. The minimum atomic E-state index is -0.770. The summed E-state index contributed by atoms with van der Waals surface area (Å²) in [6, 6.07) is 29.9. The molecule has 4 aromatic carbocycles. The van der Waals surface area contributed by atoms with Gasteiger partial charge in [-0.25, -0.2) is 0 Å². The molecule has 0 heterocycles. The topological polar surface area (TPSA) is 75.6 Å². The molecular formula is C33H35NO4. The van der Waals surface area contributed by atoms with Crippen LogP contribution in [0.3, 0.4) is 0 Å². The van der Waals surface area contributed by atoms with Gasteiger partial charge in [-0.05, 0) is 64.8 Å². The second kappa shape index (κ2) is 12.9. The lowest BCUT2D eigenvalue weighted by molar-refractivity contribution is -0.137. The van der Waals surface area contributed by atoms with Crippen molar-refractivity contribution >= 4 is 28.3 Å². The van der Waals surface area contributed by atoms with Crippen LogP contribution in [0.25, 0.3) is 10.8 Å². The minimum absolute atomic E-state index is 0.0446. The molecule has 0 aliphatic rings. The second-order valence-electron chi connectivity index (χ2n) is 10.1. The molecular weight excluding hydrogens is 474 g/mol. The number of ether oxygens (including phenoxy) is 1. The number of carboxylic acid groups (broad SMARTS) is 1. The summed E-state index contributed by atoms with van der Waals surface area (Å²) in [5.74, 6) is -0.135. The van der Waals surface area contributed by atoms with E-state index in [1.807, 2.05) is 66.7 Å². The third-order valence-corrected chi connectivity index (χ3v) is 6.64. The lowest BCUT2D eigenvalue weighted by atomic mass is 9.86. The Morgan fingerprint density at radius 1 is 0.842 bits per heavy atom. The number of carbonyl (C=O) groups excluding carboxylic acids is 1. The Labute approximate surface area is 224 Å². The molecule has 38 heavy (non-hydrogen) atoms. The smallest absolute Gasteiger partial charge is 0.303 e. The number of aryl methyl sites for hydroxylation is 1. The first-order valence-electron chi connectivity index (χ1n) is 13.2. The van der Waals surface area contributed by atoms with E-state index in [2.05, 4.69) is 43.4 Å². The van der Waals surface area contributed by atoms with Gasteiger partial charge in [0.2, 0.25) is 5.91 Å². The quantitative estimate of drug-likeness (QED) is 0.206. The fourth-order valence-corrected chi connectivity index (χ4v) is 4.72. The number of amides is 1. The van der Waals surface area contributed by atoms with Crippen molar-refractivity contribution in [3.63, 3.8) is 0 Å². The van der Waals surface area contributed by atoms with Crippen LogP contribution in [0.1, 0.15) is 55.7 Å². The van der Waals surface area contributed by atoms with Gasteiger partial charge in [-0.2, -0.15) is 0 Å². The van der Waals surface area contributed by atoms with Gasteiger partial charge in [-0.3, -0.25) is 9.59 Å². The fraction of sp³-hybridized carbons (Fsp3) is 0.273. The fourth-order valence-electron chi connectivity index (χ4n) is 4.72. The Balaban J connectivity index is 1.46. The van der Waals surface area contributed by atoms with Crippen LogP contribution in [0.2, 0.25) is 0 Å². The van der Waals surface area contributed by atoms with Crippen molar-refractivity contribution in [3.05, 3.63) is 108 Å². The maximum Gasteiger partial charge on any atom is 0.303 e. The van der Waals surface area contributed by atoms with Crippen LogP contribution in [0.5, 0.6) is 5.75 Å². The van der Waals surface area contributed by atoms with Gasteiger partial charge in [0.1, 0.15) is 12.4 Å². The van der Waals surface area contributed by atoms with E-state index in [4.69, 9.17) is 9.84 Å². The van der Waals surface area contributed by atoms with Crippen molar-refractivity contribution in [2.24, 2.45) is 5.92 Å². The molecule has 1 unspecified atom stereocenters. The molecule has 0 fully saturated rings. The first-order valence-corrected chi connectivity index (χ1v) is 13.2. The summed E-state index contributed by atoms with van der Waals surface area (Å²) in [4.78, 5) is 24.4. The standard InChI is InChI=1S/C33H35NO4/c1-23(2)21-29(28-13-8-11-26-10-3-4-12-27(26)28)33(37)34-30-14-5-6-15-31(30)38-22-25-19-17-24(18-20-25)9-7-16-32(35)36/h3-6,8,10-15,17-20,23,29H,7,9,16,21-22H2,1-2H3,(H,34,37)(H,35,36). The van der Waals surface area contributed by atoms with Crippen LogP contribution in [-0.4, -0.2) is 17.0 Å². The Morgan fingerprint density at radius 3 is 2.29 bits per heavy atom. The number of anilines is 1. The molecule has 0 saturated heterocycles. The monoisotopic (exact) mass is 509 g/mol. The number of rotatable bonds is 12. The van der Waals surface area contributed by atoms with Crippen LogP contribution >= 0.6 is 0 Å². The van der Waals surface area contributed by atoms with Crippen molar-refractivity contribution in [3.8, 4) is 5.75 Å². The lowest BCUT2D eigenvalue weighted by Gasteiger charge is -2.22. The van der Waals surface area contributed by atoms with E-state index in [0.29, 0.717) is 30.4 Å². The third-order valence-electron chi connectivity index (χ3n) is 6.64. The van der Waals surface area contributed by atoms with Crippen LogP contribution in [0.4, 0.5) is 5.69 Å². The highest BCUT2D eigenvalue weighted by Crippen LogP contribution is 2.33. The third kappa shape index (κ3) is 7.22. The van der Waals surface area contributed by atoms with Gasteiger partial charge in [0, 0.05) is 6.42 Å². The molecule has 1 amide bonds. The van der Waals surface area contributed by atoms with E-state index in [1.165, 1.54) is 0 Å². The number of carbonyl (C=O) groups is 2. The van der Waals surface area contributed by atoms with Crippen molar-refractivity contribution in [2.75, 3.05) is 5.32 Å². The first-order chi connectivity index (χ1) is 18.4. The Kier molecular flexibility index (Phi) is 9.15. The molecule has 0 aliphatic heterocycles. The van der Waals surface area contributed by atoms with Crippen LogP contribution in [0.15, 0.2) is 91.0 Å². The molecule has 2 N–H and O–H groups in total. The summed E-state index contributed by atoms with van der Waals surface area (Å²) < 4.78 is 6.12. The molecule has 5 nitrogen and oxygen atoms in total. The highest BCUT2D eigenvalue weighted by molar-refractivity contribution is 6.00. The Bertz CT molecular complexity index is 1370. The van der Waals surface area contributed by atoms with Gasteiger partial charge in [-0.15, -0.1) is 0 Å². The van der Waals surface area contributed by atoms with Crippen molar-refractivity contribution in [1.82, 2.24) is 0 Å². The number of aliphatic carboxylic acids is 1. The van der Waals surface area contributed by atoms with E-state index in [0.717, 1.165) is 40.3 Å². The molecule has 0 radical (unpaired) electrons. The molecule has 0 saturated carbocycles. The molecule has 196 valence electrons. The van der Waals surface area contributed by atoms with Gasteiger partial charge < -0.3 is 15.2 Å². The normalized spacial score (nSPS) is 11.9. The second-order valence-corrected chi connectivity index (χ2v) is 10.1. The molecule has 4 rings (SSSR count). The van der Waals surface area contributed by atoms with E-state index in [9.17, 15) is 9.59 Å². The van der Waals surface area contributed by atoms with Crippen LogP contribution in [0, 0.1) is 5.92 Å². The summed E-state index contributed by atoms with van der Waals surface area (Å²) in [6.07, 6.45) is 2.26. The van der Waals surface area contributed by atoms with Crippen molar-refractivity contribution < 1.29 is 19.4 Å². The van der Waals surface area contributed by atoms with Gasteiger partial charge in [-0.1, -0.05) is 92.7 Å². The number of hydrogen-bond acceptors (Lipinski definition) is 3. The molecule has 0 aliphatic carbocycles. The summed E-state index contributed by atoms with van der Waals surface area (Å²) >= 11 is 0. The van der Waals surface area contributed by atoms with Crippen LogP contribution < -0.4 is 10.1 Å². The van der Waals surface area contributed by atoms with E-state index >= 15 is 0 Å². The Hall–Kier alpha value is -4.12. The van der Waals surface area contributed by atoms with E-state index < -0.39 is 5.97 Å². The lowest BCUT2D eigenvalue weighted by Crippen LogP contribution is -2.23. The summed E-state index contributed by atoms with van der Waals surface area (Å²) in [7, 11) is 0. The molecule has 0 bridgehead atoms. The maximum absolute atomic E-state index is 13.7. The largest absolute Gasteiger partial charge is 0.487 e. The summed E-state index contributed by atoms with van der Waals surface area (Å²) in [5.41, 5.74) is 3.79. The molecule has 0 spiro atoms. The molecule has 1 atom stereocenters. The zero-order valence-corrected chi connectivity index (χ0v) is 22.0. The van der Waals surface area contributed by atoms with Crippen molar-refractivity contribution in [1.29, 1.82) is 0 Å². The molecule has 5 heteroatoms. The average molecular weight is 510 g/mol. The number of carboxylic acids is 1. The molecule has 4 aromatic rings. The van der Waals surface area contributed by atoms with Gasteiger partial charge in [0.25, 0.3) is 0 Å². The number of hydrogen-bond donors (Lipinski definition) is 2. The van der Waals surface area contributed by atoms with Gasteiger partial charge in [0.15, 0.2) is 0 Å². The van der Waals surface area contributed by atoms with E-state index in [1.54, 1.807) is 0 Å². The van der Waals surface area contributed by atoms with Gasteiger partial charge >= 0.3 is 5.97 Å². The summed E-state index contributed by atoms with van der Waals surface area (Å²) in [6.45, 7) is 4.64. The first kappa shape index (κ1) is 26.9. The zero-order chi connectivity index (χ0) is 26.9. The molecule has 0 aromatic heterocycles. The van der Waals surface area contributed by atoms with Gasteiger partial charge in [0.05, 0.1) is 11.6 Å². The minimum Gasteiger partial charge on any atom is -0.487 e. The predicted molar refractivity (Wildman–Crippen MR) is 153 cm³/mol. The highest BCUT2D eigenvalue weighted by Gasteiger charge is 2.24. The SMILES string of the molecule is CC(C)CC(C(=O)Nc1ccccc1OCc1ccc(CCCC(=O)O)cc1)c1cccc2ccccc12. The Morgan fingerprint density at radius 2 is 1.53 bits per heavy atom. The average Bonchev–Trinajstić information content (AvgIpc) is 2.91. The van der Waals surface area contributed by atoms with E-state index in [-0.39, 0.29) is 18.2 Å². The maximum atomic E-state index is 13.7. The predicted octanol–water partition coefficient (Wildman–Crippen LogP) is 7.59. The zero-order valence-electron chi connectivity index (χ0n) is 22.0. The van der Waals surface area contributed by atoms with Crippen molar-refractivity contribution in [2.45, 2.75) is 52.1 Å². The van der Waals surface area contributed by atoms with Crippen LogP contribution in [-0.2, 0) is 22.6 Å². The number of fused-ring (bicyclic) bond motifs is 1. The number of para-hydroxylation sites is 2.